The fourth-order valence-corrected chi connectivity index (χ4v) is 5.34. The molecule has 1 aliphatic rings. The minimum Gasteiger partial charge on any atom is -0.497 e. The van der Waals surface area contributed by atoms with E-state index < -0.39 is 35.3 Å². The predicted octanol–water partition coefficient (Wildman–Crippen LogP) is 5.04. The van der Waals surface area contributed by atoms with Gasteiger partial charge >= 0.3 is 12.4 Å². The maximum absolute atomic E-state index is 13.4. The van der Waals surface area contributed by atoms with Gasteiger partial charge in [0.2, 0.25) is 0 Å². The van der Waals surface area contributed by atoms with Gasteiger partial charge in [-0.2, -0.15) is 36.5 Å². The second kappa shape index (κ2) is 11.8. The molecule has 0 saturated carbocycles. The van der Waals surface area contributed by atoms with E-state index >= 15 is 0 Å². The van der Waals surface area contributed by atoms with Gasteiger partial charge in [0.1, 0.15) is 22.0 Å². The summed E-state index contributed by atoms with van der Waals surface area (Å²) in [6.07, 6.45) is -6.56. The number of nitrogens with zero attached hydrogens (tertiary/aromatic N) is 5. The van der Waals surface area contributed by atoms with E-state index in [2.05, 4.69) is 25.8 Å². The number of alkyl halides is 6. The summed E-state index contributed by atoms with van der Waals surface area (Å²) < 4.78 is 87.3. The molecule has 10 nitrogen and oxygen atoms in total. The molecule has 45 heavy (non-hydrogen) atoms. The zero-order valence-corrected chi connectivity index (χ0v) is 24.3. The lowest BCUT2D eigenvalue weighted by atomic mass is 10.0. The third-order valence-electron chi connectivity index (χ3n) is 6.96. The third kappa shape index (κ3) is 6.49. The Balaban J connectivity index is 1.34. The van der Waals surface area contributed by atoms with Crippen molar-refractivity contribution in [2.75, 3.05) is 12.4 Å². The molecule has 4 heterocycles. The predicted molar refractivity (Wildman–Crippen MR) is 152 cm³/mol. The third-order valence-corrected chi connectivity index (χ3v) is 8.13. The topological polar surface area (TPSA) is 119 Å². The van der Waals surface area contributed by atoms with Gasteiger partial charge in [0.25, 0.3) is 11.5 Å². The van der Waals surface area contributed by atoms with Crippen molar-refractivity contribution < 1.29 is 41.0 Å². The Bertz CT molecular complexity index is 1690. The quantitative estimate of drug-likeness (QED) is 0.215. The smallest absolute Gasteiger partial charge is 0.428 e. The van der Waals surface area contributed by atoms with Crippen molar-refractivity contribution >= 4 is 23.4 Å². The summed E-state index contributed by atoms with van der Waals surface area (Å²) in [4.78, 5) is 16.5. The van der Waals surface area contributed by atoms with Crippen LogP contribution in [0, 0.1) is 0 Å². The second-order valence-electron chi connectivity index (χ2n) is 10.2. The van der Waals surface area contributed by atoms with Gasteiger partial charge in [0.15, 0.2) is 0 Å². The first-order valence-corrected chi connectivity index (χ1v) is 14.0. The Labute approximate surface area is 256 Å². The molecule has 3 N–H and O–H groups in total. The summed E-state index contributed by atoms with van der Waals surface area (Å²) in [7, 11) is 1.58. The van der Waals surface area contributed by atoms with Gasteiger partial charge in [-0.3, -0.25) is 19.1 Å². The highest BCUT2D eigenvalue weighted by Crippen LogP contribution is 2.45. The second-order valence-corrected chi connectivity index (χ2v) is 11.5. The van der Waals surface area contributed by atoms with E-state index in [-0.39, 0.29) is 27.5 Å². The van der Waals surface area contributed by atoms with Crippen LogP contribution in [0.15, 0.2) is 78.4 Å². The van der Waals surface area contributed by atoms with E-state index in [0.717, 1.165) is 23.1 Å². The number of nitrogens with one attached hydrogen (secondary N) is 2. The van der Waals surface area contributed by atoms with Crippen LogP contribution in [0.5, 0.6) is 5.75 Å². The van der Waals surface area contributed by atoms with Crippen molar-refractivity contribution in [3.63, 3.8) is 0 Å². The van der Waals surface area contributed by atoms with Gasteiger partial charge in [-0.15, -0.1) is 0 Å². The molecule has 0 spiro atoms. The Morgan fingerprint density at radius 3 is 2.40 bits per heavy atom. The lowest BCUT2D eigenvalue weighted by Crippen LogP contribution is -2.59. The number of aliphatic hydroxyl groups is 1. The van der Waals surface area contributed by atoms with Gasteiger partial charge < -0.3 is 20.5 Å². The number of halogens is 6. The van der Waals surface area contributed by atoms with E-state index in [0.29, 0.717) is 6.54 Å². The van der Waals surface area contributed by atoms with Crippen LogP contribution in [0.25, 0.3) is 11.4 Å². The van der Waals surface area contributed by atoms with E-state index in [9.17, 15) is 36.2 Å². The van der Waals surface area contributed by atoms with Crippen LogP contribution in [0.2, 0.25) is 0 Å². The number of anilines is 1. The highest BCUT2D eigenvalue weighted by atomic mass is 32.2. The number of methoxy groups -OCH3 is 1. The van der Waals surface area contributed by atoms with Crippen LogP contribution in [0.4, 0.5) is 32.0 Å². The summed E-state index contributed by atoms with van der Waals surface area (Å²) in [5, 5.41) is 25.0. The number of ether oxygens (including phenoxy) is 1. The fraction of sp³-hybridized carbons (Fsp3) is 0.286. The lowest BCUT2D eigenvalue weighted by Gasteiger charge is -2.31. The first kappa shape index (κ1) is 31.9. The van der Waals surface area contributed by atoms with Crippen LogP contribution in [-0.4, -0.2) is 60.6 Å². The minimum atomic E-state index is -6.06. The molecule has 0 aliphatic carbocycles. The maximum atomic E-state index is 13.4. The number of carbonyl (C=O) groups excluding carboxylic acids is 1. The Morgan fingerprint density at radius 2 is 1.78 bits per heavy atom. The van der Waals surface area contributed by atoms with E-state index in [1.54, 1.807) is 18.0 Å². The molecular formula is C28H25F6N7O3S. The average molecular weight is 654 g/mol. The summed E-state index contributed by atoms with van der Waals surface area (Å²) in [5.41, 5.74) is -3.67. The highest BCUT2D eigenvalue weighted by molar-refractivity contribution is 8.03. The summed E-state index contributed by atoms with van der Waals surface area (Å²) >= 11 is 1.27. The number of thioether (sulfide) groups is 1. The summed E-state index contributed by atoms with van der Waals surface area (Å²) in [6.45, 7) is 0.282. The SMILES string of the molecule is COc1ccc(Cn2cc(C3(C)NC(C(=O)Nc4cn(CC(O)(C(F)(F)F)C(F)(F)F)nc4-c4ccccn4)=CS3)cn2)cc1. The summed E-state index contributed by atoms with van der Waals surface area (Å²) in [5.74, 6) is -0.0186. The number of amides is 1. The highest BCUT2D eigenvalue weighted by Gasteiger charge is 2.70. The first-order valence-electron chi connectivity index (χ1n) is 13.1. The van der Waals surface area contributed by atoms with Gasteiger partial charge in [0, 0.05) is 29.6 Å². The molecule has 5 rings (SSSR count). The minimum absolute atomic E-state index is 0.0611. The van der Waals surface area contributed by atoms with Crippen LogP contribution < -0.4 is 15.4 Å². The Kier molecular flexibility index (Phi) is 8.35. The molecule has 1 amide bonds. The Morgan fingerprint density at radius 1 is 1.07 bits per heavy atom. The standard InChI is InChI=1S/C28H25F6N7O3S/c1-25(18-11-36-40(13-18)12-17-6-8-19(44-2)9-7-17)38-22(15-45-25)24(42)37-21-14-41(39-23(21)20-5-3-4-10-35-20)16-26(43,27(29,30)31)28(32,33)34/h3-11,13-15,38,43H,12,16H2,1-2H3,(H,37,42). The largest absolute Gasteiger partial charge is 0.497 e. The molecule has 0 bridgehead atoms. The van der Waals surface area contributed by atoms with Crippen LogP contribution >= 0.6 is 11.8 Å². The number of benzene rings is 1. The maximum Gasteiger partial charge on any atom is 0.428 e. The van der Waals surface area contributed by atoms with E-state index in [4.69, 9.17) is 4.74 Å². The van der Waals surface area contributed by atoms with E-state index in [1.165, 1.54) is 41.6 Å². The molecule has 1 aliphatic heterocycles. The van der Waals surface area contributed by atoms with Gasteiger partial charge in [-0.25, -0.2) is 0 Å². The molecular weight excluding hydrogens is 628 g/mol. The van der Waals surface area contributed by atoms with Gasteiger partial charge in [-0.05, 0) is 36.8 Å². The van der Waals surface area contributed by atoms with Crippen molar-refractivity contribution in [3.05, 3.63) is 89.5 Å². The zero-order valence-electron chi connectivity index (χ0n) is 23.5. The molecule has 3 aromatic heterocycles. The number of pyridine rings is 1. The van der Waals surface area contributed by atoms with E-state index in [1.807, 2.05) is 37.4 Å². The monoisotopic (exact) mass is 653 g/mol. The van der Waals surface area contributed by atoms with Crippen LogP contribution in [-0.2, 0) is 22.8 Å². The lowest BCUT2D eigenvalue weighted by molar-refractivity contribution is -0.372. The van der Waals surface area contributed by atoms with Gasteiger partial charge in [-0.1, -0.05) is 30.0 Å². The normalized spacial score (nSPS) is 17.1. The number of rotatable bonds is 9. The van der Waals surface area contributed by atoms with Crippen molar-refractivity contribution in [2.45, 2.75) is 42.8 Å². The number of aromatic nitrogens is 5. The molecule has 17 heteroatoms. The molecule has 1 unspecified atom stereocenters. The van der Waals surface area contributed by atoms with Crippen LogP contribution in [0.3, 0.4) is 0 Å². The summed E-state index contributed by atoms with van der Waals surface area (Å²) in [6, 6.07) is 11.9. The van der Waals surface area contributed by atoms with Crippen molar-refractivity contribution in [1.82, 2.24) is 29.9 Å². The molecule has 0 saturated heterocycles. The molecule has 0 fully saturated rings. The van der Waals surface area contributed by atoms with Crippen molar-refractivity contribution in [3.8, 4) is 17.1 Å². The molecule has 4 aromatic rings. The molecule has 1 atom stereocenters. The molecule has 1 aromatic carbocycles. The van der Waals surface area contributed by atoms with Gasteiger partial charge in [0.05, 0.1) is 37.8 Å². The number of hydrogen-bond donors (Lipinski definition) is 3. The average Bonchev–Trinajstić information content (AvgIpc) is 3.72. The zero-order chi connectivity index (χ0) is 32.6. The van der Waals surface area contributed by atoms with Crippen molar-refractivity contribution in [2.24, 2.45) is 0 Å². The number of carbonyl (C=O) groups is 1. The molecule has 238 valence electrons. The van der Waals surface area contributed by atoms with Crippen LogP contribution in [0.1, 0.15) is 18.1 Å². The molecule has 0 radical (unpaired) electrons. The fourth-order valence-electron chi connectivity index (χ4n) is 4.41. The first-order chi connectivity index (χ1) is 21.1. The number of hydrogen-bond acceptors (Lipinski definition) is 8. The Hall–Kier alpha value is -4.51. The van der Waals surface area contributed by atoms with Crippen molar-refractivity contribution in [1.29, 1.82) is 0 Å².